The van der Waals surface area contributed by atoms with Crippen LogP contribution in [0.3, 0.4) is 0 Å². The van der Waals surface area contributed by atoms with Crippen molar-refractivity contribution in [3.63, 3.8) is 0 Å². The number of hydrogen-bond acceptors (Lipinski definition) is 4. The Morgan fingerprint density at radius 1 is 1.35 bits per heavy atom. The van der Waals surface area contributed by atoms with Gasteiger partial charge < -0.3 is 9.52 Å². The van der Waals surface area contributed by atoms with Crippen LogP contribution < -0.4 is 0 Å². The predicted octanol–water partition coefficient (Wildman–Crippen LogP) is 3.36. The predicted molar refractivity (Wildman–Crippen MR) is 81.6 cm³/mol. The molecule has 1 aliphatic heterocycles. The van der Waals surface area contributed by atoms with E-state index < -0.39 is 17.2 Å². The molecular weight excluding hydrogens is 302 g/mol. The van der Waals surface area contributed by atoms with E-state index in [1.54, 1.807) is 13.8 Å². The number of aliphatic hydroxyl groups is 1. The first kappa shape index (κ1) is 16.1. The van der Waals surface area contributed by atoms with Crippen molar-refractivity contribution in [2.24, 2.45) is 0 Å². The van der Waals surface area contributed by atoms with Gasteiger partial charge in [0.1, 0.15) is 23.5 Å². The summed E-state index contributed by atoms with van der Waals surface area (Å²) in [5.41, 5.74) is -0.459. The van der Waals surface area contributed by atoms with E-state index in [2.05, 4.69) is 9.88 Å². The lowest BCUT2D eigenvalue weighted by Gasteiger charge is -2.33. The second-order valence-electron chi connectivity index (χ2n) is 6.52. The fraction of sp³-hybridized carbons (Fsp3) is 0.471. The second-order valence-corrected chi connectivity index (χ2v) is 6.52. The molecule has 1 fully saturated rings. The minimum Gasteiger partial charge on any atom is -0.444 e. The van der Waals surface area contributed by atoms with Gasteiger partial charge in [-0.2, -0.15) is 0 Å². The molecule has 0 bridgehead atoms. The number of oxazole rings is 1. The summed E-state index contributed by atoms with van der Waals surface area (Å²) in [7, 11) is 0. The van der Waals surface area contributed by atoms with Gasteiger partial charge in [-0.3, -0.25) is 4.90 Å². The highest BCUT2D eigenvalue weighted by Gasteiger charge is 2.36. The monoisotopic (exact) mass is 322 g/mol. The molecule has 1 saturated heterocycles. The van der Waals surface area contributed by atoms with Crippen LogP contribution in [0.2, 0.25) is 0 Å². The lowest BCUT2D eigenvalue weighted by Crippen LogP contribution is -2.45. The number of likely N-dealkylation sites (tertiary alicyclic amines) is 1. The molecule has 6 heteroatoms. The summed E-state index contributed by atoms with van der Waals surface area (Å²) in [5.74, 6) is -1.46. The standard InChI is InChI=1S/C17H20F2N2O2/c1-17(2,22)14-7-4-8-21(14)9-11-10-23-16(20-11)15-12(18)5-3-6-13(15)19/h3,5-6,10,14,22H,4,7-9H2,1-2H3. The molecule has 1 atom stereocenters. The summed E-state index contributed by atoms with van der Waals surface area (Å²) < 4.78 is 32.8. The third-order valence-electron chi connectivity index (χ3n) is 4.27. The fourth-order valence-electron chi connectivity index (χ4n) is 3.22. The molecule has 0 amide bonds. The van der Waals surface area contributed by atoms with Crippen molar-refractivity contribution in [3.8, 4) is 11.5 Å². The van der Waals surface area contributed by atoms with Crippen LogP contribution in [-0.4, -0.2) is 33.2 Å². The Morgan fingerprint density at radius 3 is 2.70 bits per heavy atom. The number of benzene rings is 1. The number of rotatable bonds is 4. The van der Waals surface area contributed by atoms with Gasteiger partial charge in [0.05, 0.1) is 11.3 Å². The van der Waals surface area contributed by atoms with Crippen molar-refractivity contribution in [3.05, 3.63) is 41.8 Å². The molecule has 4 nitrogen and oxygen atoms in total. The largest absolute Gasteiger partial charge is 0.444 e. The molecule has 1 aromatic carbocycles. The first-order valence-corrected chi connectivity index (χ1v) is 7.71. The zero-order valence-electron chi connectivity index (χ0n) is 13.2. The number of halogens is 2. The first-order chi connectivity index (χ1) is 10.9. The van der Waals surface area contributed by atoms with E-state index in [0.29, 0.717) is 12.2 Å². The smallest absolute Gasteiger partial charge is 0.232 e. The molecule has 0 spiro atoms. The minimum atomic E-state index is -0.805. The van der Waals surface area contributed by atoms with Gasteiger partial charge in [0, 0.05) is 12.6 Å². The summed E-state index contributed by atoms with van der Waals surface area (Å²) in [6.07, 6.45) is 3.33. The van der Waals surface area contributed by atoms with Gasteiger partial charge in [-0.1, -0.05) is 6.07 Å². The minimum absolute atomic E-state index is 0.0350. The Hall–Kier alpha value is -1.79. The van der Waals surface area contributed by atoms with Crippen molar-refractivity contribution >= 4 is 0 Å². The molecule has 3 rings (SSSR count). The molecule has 1 aliphatic rings. The van der Waals surface area contributed by atoms with Gasteiger partial charge in [0.25, 0.3) is 0 Å². The molecule has 0 aliphatic carbocycles. The molecule has 23 heavy (non-hydrogen) atoms. The molecule has 0 saturated carbocycles. The third kappa shape index (κ3) is 3.28. The van der Waals surface area contributed by atoms with Gasteiger partial charge in [-0.05, 0) is 45.4 Å². The van der Waals surface area contributed by atoms with Crippen LogP contribution in [0, 0.1) is 11.6 Å². The maximum absolute atomic E-state index is 13.8. The molecule has 1 unspecified atom stereocenters. The van der Waals surface area contributed by atoms with Crippen LogP contribution in [-0.2, 0) is 6.54 Å². The molecule has 1 N–H and O–H groups in total. The highest BCUT2D eigenvalue weighted by atomic mass is 19.1. The molecule has 2 heterocycles. The lowest BCUT2D eigenvalue weighted by atomic mass is 9.96. The molecule has 124 valence electrons. The van der Waals surface area contributed by atoms with Crippen LogP contribution in [0.15, 0.2) is 28.9 Å². The number of hydrogen-bond donors (Lipinski definition) is 1. The third-order valence-corrected chi connectivity index (χ3v) is 4.27. The van der Waals surface area contributed by atoms with E-state index in [0.717, 1.165) is 19.4 Å². The van der Waals surface area contributed by atoms with E-state index in [1.807, 2.05) is 0 Å². The Morgan fingerprint density at radius 2 is 2.04 bits per heavy atom. The van der Waals surface area contributed by atoms with Crippen molar-refractivity contribution in [2.45, 2.75) is 44.9 Å². The Labute approximate surface area is 133 Å². The molecular formula is C17H20F2N2O2. The van der Waals surface area contributed by atoms with Crippen molar-refractivity contribution in [2.75, 3.05) is 6.54 Å². The van der Waals surface area contributed by atoms with Crippen molar-refractivity contribution in [1.82, 2.24) is 9.88 Å². The van der Waals surface area contributed by atoms with Gasteiger partial charge in [-0.15, -0.1) is 0 Å². The number of aromatic nitrogens is 1. The first-order valence-electron chi connectivity index (χ1n) is 7.71. The normalized spacial score (nSPS) is 19.4. The highest BCUT2D eigenvalue weighted by molar-refractivity contribution is 5.55. The zero-order chi connectivity index (χ0) is 16.6. The topological polar surface area (TPSA) is 49.5 Å². The number of nitrogens with zero attached hydrogens (tertiary/aromatic N) is 2. The fourth-order valence-corrected chi connectivity index (χ4v) is 3.22. The summed E-state index contributed by atoms with van der Waals surface area (Å²) in [5, 5.41) is 10.2. The van der Waals surface area contributed by atoms with E-state index in [9.17, 15) is 13.9 Å². The van der Waals surface area contributed by atoms with E-state index in [1.165, 1.54) is 24.5 Å². The van der Waals surface area contributed by atoms with Crippen LogP contribution in [0.1, 0.15) is 32.4 Å². The zero-order valence-corrected chi connectivity index (χ0v) is 13.2. The van der Waals surface area contributed by atoms with E-state index in [-0.39, 0.29) is 17.5 Å². The average Bonchev–Trinajstić information content (AvgIpc) is 3.08. The summed E-state index contributed by atoms with van der Waals surface area (Å²) in [4.78, 5) is 6.34. The second kappa shape index (κ2) is 6.02. The summed E-state index contributed by atoms with van der Waals surface area (Å²) >= 11 is 0. The maximum atomic E-state index is 13.8. The van der Waals surface area contributed by atoms with Crippen LogP contribution in [0.25, 0.3) is 11.5 Å². The summed E-state index contributed by atoms with van der Waals surface area (Å²) in [6.45, 7) is 4.91. The van der Waals surface area contributed by atoms with Crippen LogP contribution in [0.4, 0.5) is 8.78 Å². The van der Waals surface area contributed by atoms with Crippen molar-refractivity contribution in [1.29, 1.82) is 0 Å². The molecule has 1 aromatic heterocycles. The Balaban J connectivity index is 1.80. The van der Waals surface area contributed by atoms with Crippen molar-refractivity contribution < 1.29 is 18.3 Å². The summed E-state index contributed by atoms with van der Waals surface area (Å²) in [6, 6.07) is 3.68. The van der Waals surface area contributed by atoms with E-state index in [4.69, 9.17) is 4.42 Å². The molecule has 0 radical (unpaired) electrons. The van der Waals surface area contributed by atoms with Crippen LogP contribution >= 0.6 is 0 Å². The van der Waals surface area contributed by atoms with Gasteiger partial charge in [0.2, 0.25) is 5.89 Å². The maximum Gasteiger partial charge on any atom is 0.232 e. The Kier molecular flexibility index (Phi) is 4.21. The van der Waals surface area contributed by atoms with Gasteiger partial charge in [0.15, 0.2) is 0 Å². The van der Waals surface area contributed by atoms with Gasteiger partial charge in [-0.25, -0.2) is 13.8 Å². The molecule has 2 aromatic rings. The van der Waals surface area contributed by atoms with Gasteiger partial charge >= 0.3 is 0 Å². The Bertz CT molecular complexity index is 674. The average molecular weight is 322 g/mol. The highest BCUT2D eigenvalue weighted by Crippen LogP contribution is 2.29. The lowest BCUT2D eigenvalue weighted by molar-refractivity contribution is -0.00537. The quantitative estimate of drug-likeness (QED) is 0.938. The van der Waals surface area contributed by atoms with E-state index >= 15 is 0 Å². The van der Waals surface area contributed by atoms with Crippen LogP contribution in [0.5, 0.6) is 0 Å². The SMILES string of the molecule is CC(C)(O)C1CCCN1Cc1coc(-c2c(F)cccc2F)n1.